The van der Waals surface area contributed by atoms with E-state index in [-0.39, 0.29) is 30.1 Å². The fraction of sp³-hybridized carbons (Fsp3) is 0.0833. The van der Waals surface area contributed by atoms with Crippen molar-refractivity contribution in [2.24, 2.45) is 0 Å². The molecule has 0 unspecified atom stereocenters. The fourth-order valence-electron chi connectivity index (χ4n) is 3.05. The van der Waals surface area contributed by atoms with Gasteiger partial charge in [-0.25, -0.2) is 4.39 Å². The van der Waals surface area contributed by atoms with E-state index in [2.05, 4.69) is 0 Å². The Balaban J connectivity index is 1.52. The van der Waals surface area contributed by atoms with Crippen LogP contribution in [0.1, 0.15) is 16.7 Å². The lowest BCUT2D eigenvalue weighted by atomic mass is 10.1. The standard InChI is InChI=1S/C24H17ClFNO3S/c25-20-7-3-1-6-18(20)15-30-21-8-4-2-5-17(21)13-22-23(28)27(24(29)31-22)14-16-9-11-19(26)12-10-16/h1-13H,14-15H2/b22-13-. The number of halogens is 2. The molecule has 2 amide bonds. The largest absolute Gasteiger partial charge is 0.488 e. The molecule has 31 heavy (non-hydrogen) atoms. The Morgan fingerprint density at radius 1 is 0.968 bits per heavy atom. The van der Waals surface area contributed by atoms with Crippen LogP contribution in [0.2, 0.25) is 5.02 Å². The van der Waals surface area contributed by atoms with Crippen LogP contribution in [0.5, 0.6) is 5.75 Å². The molecule has 1 aliphatic rings. The Morgan fingerprint density at radius 2 is 1.68 bits per heavy atom. The second kappa shape index (κ2) is 9.37. The van der Waals surface area contributed by atoms with Crippen molar-refractivity contribution in [1.29, 1.82) is 0 Å². The lowest BCUT2D eigenvalue weighted by molar-refractivity contribution is -0.123. The van der Waals surface area contributed by atoms with E-state index in [1.807, 2.05) is 36.4 Å². The average Bonchev–Trinajstić information content (AvgIpc) is 3.03. The molecule has 0 aliphatic carbocycles. The smallest absolute Gasteiger partial charge is 0.293 e. The summed E-state index contributed by atoms with van der Waals surface area (Å²) in [6, 6.07) is 20.4. The topological polar surface area (TPSA) is 46.6 Å². The average molecular weight is 454 g/mol. The summed E-state index contributed by atoms with van der Waals surface area (Å²) in [5.74, 6) is -0.181. The molecule has 1 fully saturated rings. The van der Waals surface area contributed by atoms with Crippen LogP contribution in [0, 0.1) is 5.82 Å². The van der Waals surface area contributed by atoms with E-state index in [4.69, 9.17) is 16.3 Å². The number of para-hydroxylation sites is 1. The van der Waals surface area contributed by atoms with Gasteiger partial charge in [0.25, 0.3) is 11.1 Å². The molecule has 1 aliphatic heterocycles. The van der Waals surface area contributed by atoms with Crippen LogP contribution in [0.3, 0.4) is 0 Å². The lowest BCUT2D eigenvalue weighted by Crippen LogP contribution is -2.27. The monoisotopic (exact) mass is 453 g/mol. The zero-order chi connectivity index (χ0) is 21.8. The molecule has 7 heteroatoms. The molecule has 0 N–H and O–H groups in total. The lowest BCUT2D eigenvalue weighted by Gasteiger charge is -2.12. The molecule has 3 aromatic carbocycles. The summed E-state index contributed by atoms with van der Waals surface area (Å²) in [5, 5.41) is 0.247. The van der Waals surface area contributed by atoms with Crippen LogP contribution in [0.15, 0.2) is 77.7 Å². The van der Waals surface area contributed by atoms with E-state index in [0.29, 0.717) is 26.8 Å². The van der Waals surface area contributed by atoms with E-state index in [0.717, 1.165) is 22.2 Å². The first kappa shape index (κ1) is 21.2. The van der Waals surface area contributed by atoms with Crippen LogP contribution in [-0.2, 0) is 17.9 Å². The van der Waals surface area contributed by atoms with Crippen molar-refractivity contribution in [1.82, 2.24) is 4.90 Å². The fourth-order valence-corrected chi connectivity index (χ4v) is 4.07. The predicted octanol–water partition coefficient (Wildman–Crippen LogP) is 6.29. The molecule has 3 aromatic rings. The maximum absolute atomic E-state index is 13.1. The number of hydrogen-bond acceptors (Lipinski definition) is 4. The molecule has 0 bridgehead atoms. The van der Waals surface area contributed by atoms with Crippen molar-refractivity contribution >= 4 is 40.6 Å². The highest BCUT2D eigenvalue weighted by atomic mass is 35.5. The zero-order valence-electron chi connectivity index (χ0n) is 16.3. The first-order valence-corrected chi connectivity index (χ1v) is 10.7. The number of thioether (sulfide) groups is 1. The zero-order valence-corrected chi connectivity index (χ0v) is 17.8. The number of carbonyl (C=O) groups is 2. The van der Waals surface area contributed by atoms with Gasteiger partial charge in [0.1, 0.15) is 18.2 Å². The number of rotatable bonds is 6. The quantitative estimate of drug-likeness (QED) is 0.411. The van der Waals surface area contributed by atoms with Crippen LogP contribution in [0.4, 0.5) is 9.18 Å². The minimum Gasteiger partial charge on any atom is -0.488 e. The summed E-state index contributed by atoms with van der Waals surface area (Å²) < 4.78 is 19.0. The van der Waals surface area contributed by atoms with Gasteiger partial charge in [0, 0.05) is 16.1 Å². The molecule has 156 valence electrons. The number of imide groups is 1. The third-order valence-corrected chi connectivity index (χ3v) is 5.95. The van der Waals surface area contributed by atoms with Gasteiger partial charge in [-0.2, -0.15) is 0 Å². The van der Waals surface area contributed by atoms with Gasteiger partial charge in [0.05, 0.1) is 11.4 Å². The van der Waals surface area contributed by atoms with Crippen LogP contribution in [0.25, 0.3) is 6.08 Å². The van der Waals surface area contributed by atoms with Gasteiger partial charge in [-0.05, 0) is 47.7 Å². The minimum absolute atomic E-state index is 0.0902. The van der Waals surface area contributed by atoms with Crippen molar-refractivity contribution in [3.63, 3.8) is 0 Å². The second-order valence-corrected chi connectivity index (χ2v) is 8.21. The van der Waals surface area contributed by atoms with Crippen molar-refractivity contribution in [2.75, 3.05) is 0 Å². The highest BCUT2D eigenvalue weighted by Crippen LogP contribution is 2.35. The molecule has 1 saturated heterocycles. The number of ether oxygens (including phenoxy) is 1. The van der Waals surface area contributed by atoms with Crippen molar-refractivity contribution in [3.8, 4) is 5.75 Å². The Labute approximate surface area is 188 Å². The van der Waals surface area contributed by atoms with Crippen molar-refractivity contribution < 1.29 is 18.7 Å². The van der Waals surface area contributed by atoms with Gasteiger partial charge in [0.2, 0.25) is 0 Å². The van der Waals surface area contributed by atoms with Gasteiger partial charge in [0.15, 0.2) is 0 Å². The summed E-state index contributed by atoms with van der Waals surface area (Å²) in [7, 11) is 0. The Morgan fingerprint density at radius 3 is 2.45 bits per heavy atom. The molecule has 1 heterocycles. The molecule has 0 atom stereocenters. The SMILES string of the molecule is O=C1S/C(=C\c2ccccc2OCc2ccccc2Cl)C(=O)N1Cc1ccc(F)cc1. The second-order valence-electron chi connectivity index (χ2n) is 6.81. The van der Waals surface area contributed by atoms with Gasteiger partial charge < -0.3 is 4.74 Å². The summed E-state index contributed by atoms with van der Waals surface area (Å²) in [5.41, 5.74) is 2.20. The van der Waals surface area contributed by atoms with E-state index in [1.54, 1.807) is 30.3 Å². The van der Waals surface area contributed by atoms with Crippen LogP contribution in [-0.4, -0.2) is 16.0 Å². The molecule has 0 spiro atoms. The van der Waals surface area contributed by atoms with E-state index < -0.39 is 0 Å². The third-order valence-electron chi connectivity index (χ3n) is 4.67. The predicted molar refractivity (Wildman–Crippen MR) is 120 cm³/mol. The number of amides is 2. The van der Waals surface area contributed by atoms with Crippen molar-refractivity contribution in [2.45, 2.75) is 13.2 Å². The maximum Gasteiger partial charge on any atom is 0.293 e. The normalized spacial score (nSPS) is 15.0. The molecular weight excluding hydrogens is 437 g/mol. The summed E-state index contributed by atoms with van der Waals surface area (Å²) in [6.45, 7) is 0.365. The Kier molecular flexibility index (Phi) is 6.39. The Hall–Kier alpha value is -3.09. The summed E-state index contributed by atoms with van der Waals surface area (Å²) in [6.07, 6.45) is 1.65. The summed E-state index contributed by atoms with van der Waals surface area (Å²) in [4.78, 5) is 26.7. The highest BCUT2D eigenvalue weighted by Gasteiger charge is 2.35. The Bertz CT molecular complexity index is 1160. The number of carbonyl (C=O) groups excluding carboxylic acids is 2. The van der Waals surface area contributed by atoms with E-state index in [9.17, 15) is 14.0 Å². The maximum atomic E-state index is 13.1. The molecule has 4 nitrogen and oxygen atoms in total. The summed E-state index contributed by atoms with van der Waals surface area (Å²) >= 11 is 7.06. The molecule has 4 rings (SSSR count). The van der Waals surface area contributed by atoms with E-state index in [1.165, 1.54) is 12.1 Å². The number of hydrogen-bond donors (Lipinski definition) is 0. The molecule has 0 radical (unpaired) electrons. The number of benzene rings is 3. The van der Waals surface area contributed by atoms with Crippen LogP contribution >= 0.6 is 23.4 Å². The third kappa shape index (κ3) is 4.98. The molecular formula is C24H17ClFNO3S. The minimum atomic E-state index is -0.389. The first-order chi connectivity index (χ1) is 15.0. The first-order valence-electron chi connectivity index (χ1n) is 9.46. The molecule has 0 aromatic heterocycles. The van der Waals surface area contributed by atoms with Crippen molar-refractivity contribution in [3.05, 3.63) is 105 Å². The van der Waals surface area contributed by atoms with E-state index >= 15 is 0 Å². The van der Waals surface area contributed by atoms with Gasteiger partial charge in [-0.3, -0.25) is 14.5 Å². The number of nitrogens with zero attached hydrogens (tertiary/aromatic N) is 1. The van der Waals surface area contributed by atoms with Crippen LogP contribution < -0.4 is 4.74 Å². The van der Waals surface area contributed by atoms with Gasteiger partial charge in [-0.15, -0.1) is 0 Å². The molecule has 0 saturated carbocycles. The van der Waals surface area contributed by atoms with Gasteiger partial charge in [-0.1, -0.05) is 60.1 Å². The van der Waals surface area contributed by atoms with Gasteiger partial charge >= 0.3 is 0 Å². The highest BCUT2D eigenvalue weighted by molar-refractivity contribution is 8.18.